The molecule has 17 heavy (non-hydrogen) atoms. The summed E-state index contributed by atoms with van der Waals surface area (Å²) in [5, 5.41) is 0. The van der Waals surface area contributed by atoms with Gasteiger partial charge in [0.15, 0.2) is 0 Å². The van der Waals surface area contributed by atoms with E-state index in [9.17, 15) is 9.59 Å². The van der Waals surface area contributed by atoms with Crippen LogP contribution in [0.25, 0.3) is 0 Å². The number of ketones is 1. The zero-order chi connectivity index (χ0) is 12.0. The van der Waals surface area contributed by atoms with Crippen LogP contribution in [0.4, 0.5) is 0 Å². The van der Waals surface area contributed by atoms with Gasteiger partial charge in [-0.15, -0.1) is 11.3 Å². The van der Waals surface area contributed by atoms with E-state index < -0.39 is 0 Å². The van der Waals surface area contributed by atoms with Gasteiger partial charge < -0.3 is 4.90 Å². The van der Waals surface area contributed by atoms with Crippen LogP contribution in [0, 0.1) is 18.8 Å². The van der Waals surface area contributed by atoms with Crippen LogP contribution in [-0.2, 0) is 4.79 Å². The third-order valence-corrected chi connectivity index (χ3v) is 4.84. The van der Waals surface area contributed by atoms with Crippen molar-refractivity contribution in [3.8, 4) is 0 Å². The molecule has 1 amide bonds. The molecule has 1 aromatic heterocycles. The Hall–Kier alpha value is -1.16. The summed E-state index contributed by atoms with van der Waals surface area (Å²) in [4.78, 5) is 27.7. The van der Waals surface area contributed by atoms with E-state index >= 15 is 0 Å². The Morgan fingerprint density at radius 2 is 2.24 bits per heavy atom. The minimum Gasteiger partial charge on any atom is -0.337 e. The molecule has 0 spiro atoms. The number of Topliss-reactive ketones (excluding diaryl/α,β-unsaturated/α-hetero) is 1. The van der Waals surface area contributed by atoms with Gasteiger partial charge in [-0.2, -0.15) is 0 Å². The van der Waals surface area contributed by atoms with Gasteiger partial charge in [0, 0.05) is 30.3 Å². The molecule has 90 valence electrons. The van der Waals surface area contributed by atoms with Crippen molar-refractivity contribution in [2.24, 2.45) is 11.8 Å². The lowest BCUT2D eigenvalue weighted by molar-refractivity contribution is -0.120. The summed E-state index contributed by atoms with van der Waals surface area (Å²) >= 11 is 1.54. The molecule has 2 fully saturated rings. The Morgan fingerprint density at radius 3 is 2.88 bits per heavy atom. The van der Waals surface area contributed by atoms with Crippen LogP contribution >= 0.6 is 11.3 Å². The summed E-state index contributed by atoms with van der Waals surface area (Å²) in [7, 11) is 0. The van der Waals surface area contributed by atoms with E-state index in [0.29, 0.717) is 18.2 Å². The molecule has 1 aliphatic carbocycles. The van der Waals surface area contributed by atoms with Gasteiger partial charge in [-0.25, -0.2) is 0 Å². The molecule has 4 heteroatoms. The third-order valence-electron chi connectivity index (χ3n) is 3.85. The number of fused-ring (bicyclic) bond motifs is 1. The number of carbonyl (C=O) groups is 2. The molecule has 1 aromatic rings. The van der Waals surface area contributed by atoms with Crippen LogP contribution in [0.15, 0.2) is 12.1 Å². The molecular weight excluding hydrogens is 234 g/mol. The van der Waals surface area contributed by atoms with E-state index in [0.717, 1.165) is 29.1 Å². The van der Waals surface area contributed by atoms with Gasteiger partial charge in [-0.1, -0.05) is 0 Å². The van der Waals surface area contributed by atoms with Crippen LogP contribution in [0.3, 0.4) is 0 Å². The van der Waals surface area contributed by atoms with E-state index in [4.69, 9.17) is 0 Å². The van der Waals surface area contributed by atoms with Crippen molar-refractivity contribution in [2.45, 2.75) is 19.8 Å². The SMILES string of the molecule is Cc1ccc(C(=O)N2C[C@@H]3CCC(=O)[C@@H]3C2)s1. The number of aryl methyl sites for hydroxylation is 1. The largest absolute Gasteiger partial charge is 0.337 e. The zero-order valence-corrected chi connectivity index (χ0v) is 10.6. The third kappa shape index (κ3) is 1.80. The summed E-state index contributed by atoms with van der Waals surface area (Å²) in [6.45, 7) is 3.41. The topological polar surface area (TPSA) is 37.4 Å². The Kier molecular flexibility index (Phi) is 2.54. The highest BCUT2D eigenvalue weighted by Gasteiger charge is 2.43. The Labute approximate surface area is 104 Å². The zero-order valence-electron chi connectivity index (χ0n) is 9.81. The first-order valence-corrected chi connectivity index (χ1v) is 6.85. The van der Waals surface area contributed by atoms with E-state index in [-0.39, 0.29) is 11.8 Å². The van der Waals surface area contributed by atoms with Crippen molar-refractivity contribution < 1.29 is 9.59 Å². The lowest BCUT2D eigenvalue weighted by atomic mass is 10.0. The molecule has 1 saturated heterocycles. The number of nitrogens with zero attached hydrogens (tertiary/aromatic N) is 1. The Bertz CT molecular complexity index is 480. The summed E-state index contributed by atoms with van der Waals surface area (Å²) in [6, 6.07) is 3.86. The average Bonchev–Trinajstić information content (AvgIpc) is 2.96. The fraction of sp³-hybridized carbons (Fsp3) is 0.538. The monoisotopic (exact) mass is 249 g/mol. The number of thiophene rings is 1. The average molecular weight is 249 g/mol. The summed E-state index contributed by atoms with van der Waals surface area (Å²) in [5.41, 5.74) is 0. The Balaban J connectivity index is 1.75. The van der Waals surface area contributed by atoms with Crippen molar-refractivity contribution >= 4 is 23.0 Å². The van der Waals surface area contributed by atoms with Crippen LogP contribution in [-0.4, -0.2) is 29.7 Å². The lowest BCUT2D eigenvalue weighted by Crippen LogP contribution is -2.29. The van der Waals surface area contributed by atoms with Gasteiger partial charge in [0.2, 0.25) is 0 Å². The van der Waals surface area contributed by atoms with Crippen molar-refractivity contribution in [3.05, 3.63) is 21.9 Å². The van der Waals surface area contributed by atoms with Crippen molar-refractivity contribution in [1.82, 2.24) is 4.90 Å². The normalized spacial score (nSPS) is 27.6. The molecule has 0 N–H and O–H groups in total. The molecule has 2 heterocycles. The first-order chi connectivity index (χ1) is 8.15. The number of hydrogen-bond donors (Lipinski definition) is 0. The first kappa shape index (κ1) is 11.0. The van der Waals surface area contributed by atoms with Crippen LogP contribution in [0.5, 0.6) is 0 Å². The fourth-order valence-electron chi connectivity index (χ4n) is 2.91. The molecule has 3 nitrogen and oxygen atoms in total. The summed E-state index contributed by atoms with van der Waals surface area (Å²) in [5.74, 6) is 1.01. The van der Waals surface area contributed by atoms with Crippen molar-refractivity contribution in [1.29, 1.82) is 0 Å². The quantitative estimate of drug-likeness (QED) is 0.764. The van der Waals surface area contributed by atoms with E-state index in [2.05, 4.69) is 0 Å². The summed E-state index contributed by atoms with van der Waals surface area (Å²) < 4.78 is 0. The molecule has 2 atom stereocenters. The second-order valence-electron chi connectivity index (χ2n) is 4.99. The maximum absolute atomic E-state index is 12.2. The molecule has 0 aromatic carbocycles. The highest BCUT2D eigenvalue weighted by atomic mass is 32.1. The van der Waals surface area contributed by atoms with E-state index in [1.165, 1.54) is 11.3 Å². The van der Waals surface area contributed by atoms with Gasteiger partial charge in [0.1, 0.15) is 5.78 Å². The summed E-state index contributed by atoms with van der Waals surface area (Å²) in [6.07, 6.45) is 1.69. The highest BCUT2D eigenvalue weighted by Crippen LogP contribution is 2.36. The van der Waals surface area contributed by atoms with Crippen molar-refractivity contribution in [3.63, 3.8) is 0 Å². The Morgan fingerprint density at radius 1 is 1.41 bits per heavy atom. The number of rotatable bonds is 1. The number of likely N-dealkylation sites (tertiary alicyclic amines) is 1. The predicted octanol–water partition coefficient (Wildman–Crippen LogP) is 2.11. The number of amides is 1. The van der Waals surface area contributed by atoms with Gasteiger partial charge in [-0.3, -0.25) is 9.59 Å². The minimum absolute atomic E-state index is 0.102. The van der Waals surface area contributed by atoms with E-state index in [1.54, 1.807) is 0 Å². The second kappa shape index (κ2) is 3.95. The smallest absolute Gasteiger partial charge is 0.263 e. The van der Waals surface area contributed by atoms with Gasteiger partial charge in [-0.05, 0) is 31.4 Å². The number of carbonyl (C=O) groups excluding carboxylic acids is 2. The molecule has 2 aliphatic rings. The van der Waals surface area contributed by atoms with Crippen LogP contribution < -0.4 is 0 Å². The number of hydrogen-bond acceptors (Lipinski definition) is 3. The van der Waals surface area contributed by atoms with Crippen molar-refractivity contribution in [2.75, 3.05) is 13.1 Å². The molecule has 3 rings (SSSR count). The lowest BCUT2D eigenvalue weighted by Gasteiger charge is -2.15. The van der Waals surface area contributed by atoms with Gasteiger partial charge >= 0.3 is 0 Å². The minimum atomic E-state index is 0.102. The van der Waals surface area contributed by atoms with E-state index in [1.807, 2.05) is 24.0 Å². The fourth-order valence-corrected chi connectivity index (χ4v) is 3.75. The molecular formula is C13H15NO2S. The molecule has 0 radical (unpaired) electrons. The van der Waals surface area contributed by atoms with Crippen LogP contribution in [0.2, 0.25) is 0 Å². The highest BCUT2D eigenvalue weighted by molar-refractivity contribution is 7.13. The van der Waals surface area contributed by atoms with Gasteiger partial charge in [0.05, 0.1) is 4.88 Å². The predicted molar refractivity (Wildman–Crippen MR) is 66.2 cm³/mol. The maximum atomic E-state index is 12.2. The standard InChI is InChI=1S/C13H15NO2S/c1-8-2-5-12(17-8)13(16)14-6-9-3-4-11(15)10(9)7-14/h2,5,9-10H,3-4,6-7H2,1H3/t9-,10+/m0/s1. The molecule has 0 bridgehead atoms. The first-order valence-electron chi connectivity index (χ1n) is 6.03. The second-order valence-corrected chi connectivity index (χ2v) is 6.28. The van der Waals surface area contributed by atoms with Crippen LogP contribution in [0.1, 0.15) is 27.4 Å². The molecule has 1 saturated carbocycles. The molecule has 1 aliphatic heterocycles. The van der Waals surface area contributed by atoms with Gasteiger partial charge in [0.25, 0.3) is 5.91 Å². The molecule has 0 unspecified atom stereocenters. The maximum Gasteiger partial charge on any atom is 0.263 e.